The van der Waals surface area contributed by atoms with E-state index in [2.05, 4.69) is 16.4 Å². The van der Waals surface area contributed by atoms with Crippen LogP contribution in [-0.2, 0) is 0 Å². The molecule has 19 heavy (non-hydrogen) atoms. The van der Waals surface area contributed by atoms with Crippen LogP contribution in [0.3, 0.4) is 0 Å². The standard InChI is InChI=1S/C15H21N3O/c1-11-8-12(2)18-15(14(11)9-16)19-7-5-13-4-3-6-17-10-13/h8,13,17H,3-7,10H2,1-2H3. The molecule has 0 aliphatic carbocycles. The molecule has 102 valence electrons. The monoisotopic (exact) mass is 259 g/mol. The molecular formula is C15H21N3O. The highest BCUT2D eigenvalue weighted by molar-refractivity contribution is 5.45. The van der Waals surface area contributed by atoms with Gasteiger partial charge in [0.15, 0.2) is 0 Å². The summed E-state index contributed by atoms with van der Waals surface area (Å²) in [4.78, 5) is 4.33. The van der Waals surface area contributed by atoms with Gasteiger partial charge in [-0.3, -0.25) is 0 Å². The summed E-state index contributed by atoms with van der Waals surface area (Å²) in [6.45, 7) is 6.69. The molecule has 1 N–H and O–H groups in total. The maximum absolute atomic E-state index is 9.16. The molecule has 0 amide bonds. The van der Waals surface area contributed by atoms with E-state index in [4.69, 9.17) is 10.00 Å². The average molecular weight is 259 g/mol. The molecule has 2 heterocycles. The van der Waals surface area contributed by atoms with Gasteiger partial charge in [0.1, 0.15) is 11.6 Å². The summed E-state index contributed by atoms with van der Waals surface area (Å²) in [5.74, 6) is 1.17. The van der Waals surface area contributed by atoms with Crippen LogP contribution in [0.15, 0.2) is 6.07 Å². The fourth-order valence-electron chi connectivity index (χ4n) is 2.54. The molecule has 1 aromatic heterocycles. The molecule has 1 aromatic rings. The van der Waals surface area contributed by atoms with Crippen LogP contribution in [0, 0.1) is 31.1 Å². The normalized spacial score (nSPS) is 18.9. The zero-order valence-corrected chi connectivity index (χ0v) is 11.7. The Morgan fingerprint density at radius 3 is 3.05 bits per heavy atom. The highest BCUT2D eigenvalue weighted by atomic mass is 16.5. The number of hydrogen-bond acceptors (Lipinski definition) is 4. The van der Waals surface area contributed by atoms with Crippen LogP contribution < -0.4 is 10.1 Å². The summed E-state index contributed by atoms with van der Waals surface area (Å²) in [7, 11) is 0. The molecule has 1 fully saturated rings. The lowest BCUT2D eigenvalue weighted by atomic mass is 9.97. The second kappa shape index (κ2) is 6.53. The van der Waals surface area contributed by atoms with Crippen molar-refractivity contribution in [1.82, 2.24) is 10.3 Å². The van der Waals surface area contributed by atoms with Crippen molar-refractivity contribution in [2.75, 3.05) is 19.7 Å². The fraction of sp³-hybridized carbons (Fsp3) is 0.600. The van der Waals surface area contributed by atoms with Gasteiger partial charge in [-0.1, -0.05) is 0 Å². The van der Waals surface area contributed by atoms with Crippen molar-refractivity contribution < 1.29 is 4.74 Å². The van der Waals surface area contributed by atoms with Crippen molar-refractivity contribution in [3.8, 4) is 11.9 Å². The summed E-state index contributed by atoms with van der Waals surface area (Å²) in [5.41, 5.74) is 2.39. The van der Waals surface area contributed by atoms with Crippen LogP contribution in [0.2, 0.25) is 0 Å². The first-order valence-electron chi connectivity index (χ1n) is 6.92. The van der Waals surface area contributed by atoms with Gasteiger partial charge in [0.25, 0.3) is 0 Å². The van der Waals surface area contributed by atoms with Gasteiger partial charge in [0, 0.05) is 5.69 Å². The van der Waals surface area contributed by atoms with Gasteiger partial charge >= 0.3 is 0 Å². The molecule has 0 radical (unpaired) electrons. The molecule has 0 spiro atoms. The van der Waals surface area contributed by atoms with E-state index in [9.17, 15) is 0 Å². The van der Waals surface area contributed by atoms with Gasteiger partial charge in [-0.05, 0) is 63.7 Å². The van der Waals surface area contributed by atoms with Gasteiger partial charge in [0.05, 0.1) is 6.61 Å². The largest absolute Gasteiger partial charge is 0.477 e. The SMILES string of the molecule is Cc1cc(C)c(C#N)c(OCCC2CCCNC2)n1. The van der Waals surface area contributed by atoms with Crippen molar-refractivity contribution in [2.45, 2.75) is 33.1 Å². The van der Waals surface area contributed by atoms with Gasteiger partial charge in [-0.25, -0.2) is 4.98 Å². The molecule has 1 unspecified atom stereocenters. The molecule has 1 aliphatic heterocycles. The minimum atomic E-state index is 0.490. The number of pyridine rings is 1. The number of nitrogens with zero attached hydrogens (tertiary/aromatic N) is 2. The Labute approximate surface area is 114 Å². The number of rotatable bonds is 4. The predicted molar refractivity (Wildman–Crippen MR) is 74.1 cm³/mol. The molecule has 4 heteroatoms. The number of aromatic nitrogens is 1. The zero-order valence-electron chi connectivity index (χ0n) is 11.7. The van der Waals surface area contributed by atoms with Crippen molar-refractivity contribution in [2.24, 2.45) is 5.92 Å². The fourth-order valence-corrected chi connectivity index (χ4v) is 2.54. The van der Waals surface area contributed by atoms with E-state index < -0.39 is 0 Å². The molecular weight excluding hydrogens is 238 g/mol. The van der Waals surface area contributed by atoms with Gasteiger partial charge in [-0.2, -0.15) is 5.26 Å². The van der Waals surface area contributed by atoms with Crippen LogP contribution in [-0.4, -0.2) is 24.7 Å². The summed E-state index contributed by atoms with van der Waals surface area (Å²) >= 11 is 0. The second-order valence-electron chi connectivity index (χ2n) is 5.22. The quantitative estimate of drug-likeness (QED) is 0.901. The number of nitriles is 1. The van der Waals surface area contributed by atoms with E-state index in [-0.39, 0.29) is 0 Å². The maximum Gasteiger partial charge on any atom is 0.232 e. The maximum atomic E-state index is 9.16. The molecule has 1 saturated heterocycles. The van der Waals surface area contributed by atoms with E-state index in [0.29, 0.717) is 24.0 Å². The number of aryl methyl sites for hydroxylation is 2. The van der Waals surface area contributed by atoms with E-state index in [1.54, 1.807) is 0 Å². The number of piperidine rings is 1. The zero-order chi connectivity index (χ0) is 13.7. The Balaban J connectivity index is 1.93. The van der Waals surface area contributed by atoms with Crippen molar-refractivity contribution >= 4 is 0 Å². The summed E-state index contributed by atoms with van der Waals surface area (Å²) in [6.07, 6.45) is 3.53. The van der Waals surface area contributed by atoms with E-state index in [0.717, 1.165) is 30.8 Å². The van der Waals surface area contributed by atoms with Crippen LogP contribution in [0.5, 0.6) is 5.88 Å². The molecule has 1 aliphatic rings. The molecule has 1 atom stereocenters. The van der Waals surface area contributed by atoms with Gasteiger partial charge in [-0.15, -0.1) is 0 Å². The van der Waals surface area contributed by atoms with Crippen molar-refractivity contribution in [3.05, 3.63) is 22.9 Å². The number of ether oxygens (including phenoxy) is 1. The minimum absolute atomic E-state index is 0.490. The summed E-state index contributed by atoms with van der Waals surface area (Å²) in [5, 5.41) is 12.6. The molecule has 4 nitrogen and oxygen atoms in total. The highest BCUT2D eigenvalue weighted by Gasteiger charge is 2.14. The topological polar surface area (TPSA) is 57.9 Å². The van der Waals surface area contributed by atoms with Crippen molar-refractivity contribution in [1.29, 1.82) is 5.26 Å². The Morgan fingerprint density at radius 1 is 1.53 bits per heavy atom. The third-order valence-corrected chi connectivity index (χ3v) is 3.59. The third kappa shape index (κ3) is 3.68. The smallest absolute Gasteiger partial charge is 0.232 e. The highest BCUT2D eigenvalue weighted by Crippen LogP contribution is 2.21. The van der Waals surface area contributed by atoms with E-state index in [1.807, 2.05) is 19.9 Å². The Morgan fingerprint density at radius 2 is 2.37 bits per heavy atom. The molecule has 2 rings (SSSR count). The lowest BCUT2D eigenvalue weighted by Crippen LogP contribution is -2.30. The molecule has 0 saturated carbocycles. The third-order valence-electron chi connectivity index (χ3n) is 3.59. The first-order chi connectivity index (χ1) is 9.20. The lowest BCUT2D eigenvalue weighted by molar-refractivity contribution is 0.246. The molecule has 0 aromatic carbocycles. The first-order valence-corrected chi connectivity index (χ1v) is 6.92. The first kappa shape index (κ1) is 13.8. The Bertz CT molecular complexity index is 473. The van der Waals surface area contributed by atoms with E-state index >= 15 is 0 Å². The predicted octanol–water partition coefficient (Wildman–Crippen LogP) is 2.34. The second-order valence-corrected chi connectivity index (χ2v) is 5.22. The van der Waals surface area contributed by atoms with E-state index in [1.165, 1.54) is 12.8 Å². The van der Waals surface area contributed by atoms with Gasteiger partial charge in [0.2, 0.25) is 5.88 Å². The van der Waals surface area contributed by atoms with Crippen LogP contribution in [0.4, 0.5) is 0 Å². The van der Waals surface area contributed by atoms with Crippen LogP contribution in [0.25, 0.3) is 0 Å². The number of hydrogen-bond donors (Lipinski definition) is 1. The Kier molecular flexibility index (Phi) is 4.75. The average Bonchev–Trinajstić information content (AvgIpc) is 2.39. The summed E-state index contributed by atoms with van der Waals surface area (Å²) in [6, 6.07) is 4.09. The number of nitrogens with one attached hydrogen (secondary N) is 1. The van der Waals surface area contributed by atoms with Crippen LogP contribution >= 0.6 is 0 Å². The van der Waals surface area contributed by atoms with Crippen LogP contribution in [0.1, 0.15) is 36.1 Å². The Hall–Kier alpha value is -1.60. The lowest BCUT2D eigenvalue weighted by Gasteiger charge is -2.22. The molecule has 0 bridgehead atoms. The minimum Gasteiger partial charge on any atom is -0.477 e. The summed E-state index contributed by atoms with van der Waals surface area (Å²) < 4.78 is 5.73. The van der Waals surface area contributed by atoms with Crippen molar-refractivity contribution in [3.63, 3.8) is 0 Å². The van der Waals surface area contributed by atoms with Gasteiger partial charge < -0.3 is 10.1 Å².